The minimum atomic E-state index is -0.209. The smallest absolute Gasteiger partial charge is 0.255 e. The van der Waals surface area contributed by atoms with Gasteiger partial charge in [0, 0.05) is 44.3 Å². The third-order valence-corrected chi connectivity index (χ3v) is 7.09. The van der Waals surface area contributed by atoms with Gasteiger partial charge in [-0.25, -0.2) is 0 Å². The number of carbonyl (C=O) groups is 1. The molecule has 2 rings (SSSR count). The van der Waals surface area contributed by atoms with Crippen molar-refractivity contribution < 1.29 is 4.79 Å². The molecule has 2 aliphatic rings. The second-order valence-corrected chi connectivity index (χ2v) is 8.90. The van der Waals surface area contributed by atoms with Crippen LogP contribution in [0.4, 0.5) is 0 Å². The summed E-state index contributed by atoms with van der Waals surface area (Å²) in [6.07, 6.45) is 9.52. The maximum atomic E-state index is 12.2. The highest BCUT2D eigenvalue weighted by atomic mass is 32.2. The predicted octanol–water partition coefficient (Wildman–Crippen LogP) is 4.14. The SMILES string of the molecule is C=CC(=O)N(/C=C(\C)C(=C)SC(=NC)N1CCC(N2CCCCC2)CC1)C(C)=NC. The molecular weight excluding hydrogens is 394 g/mol. The van der Waals surface area contributed by atoms with Crippen molar-refractivity contribution in [2.45, 2.75) is 52.0 Å². The van der Waals surface area contributed by atoms with E-state index in [9.17, 15) is 4.79 Å². The van der Waals surface area contributed by atoms with Gasteiger partial charge in [0.05, 0.1) is 0 Å². The van der Waals surface area contributed by atoms with E-state index in [-0.39, 0.29) is 5.91 Å². The van der Waals surface area contributed by atoms with E-state index in [0.717, 1.165) is 28.7 Å². The minimum absolute atomic E-state index is 0.209. The Labute approximate surface area is 186 Å². The number of amidine groups is 2. The molecule has 2 saturated heterocycles. The van der Waals surface area contributed by atoms with Crippen LogP contribution in [0.3, 0.4) is 0 Å². The zero-order valence-corrected chi connectivity index (χ0v) is 19.9. The second kappa shape index (κ2) is 12.1. The summed E-state index contributed by atoms with van der Waals surface area (Å²) >= 11 is 1.57. The van der Waals surface area contributed by atoms with E-state index < -0.39 is 0 Å². The van der Waals surface area contributed by atoms with E-state index in [0.29, 0.717) is 11.9 Å². The third kappa shape index (κ3) is 6.57. The largest absolute Gasteiger partial charge is 0.351 e. The average Bonchev–Trinajstić information content (AvgIpc) is 2.80. The number of hydrogen-bond donors (Lipinski definition) is 0. The Balaban J connectivity index is 1.97. The van der Waals surface area contributed by atoms with Crippen molar-refractivity contribution in [1.29, 1.82) is 0 Å². The quantitative estimate of drug-likeness (QED) is 0.284. The molecular formula is C23H37N5OS. The Morgan fingerprint density at radius 2 is 1.70 bits per heavy atom. The predicted molar refractivity (Wildman–Crippen MR) is 130 cm³/mol. The van der Waals surface area contributed by atoms with Gasteiger partial charge in [-0.2, -0.15) is 0 Å². The van der Waals surface area contributed by atoms with E-state index in [2.05, 4.69) is 32.9 Å². The summed E-state index contributed by atoms with van der Waals surface area (Å²) in [4.78, 5) is 28.3. The van der Waals surface area contributed by atoms with Crippen LogP contribution in [0.5, 0.6) is 0 Å². The highest BCUT2D eigenvalue weighted by Gasteiger charge is 2.27. The van der Waals surface area contributed by atoms with E-state index in [1.54, 1.807) is 31.9 Å². The third-order valence-electron chi connectivity index (χ3n) is 5.89. The van der Waals surface area contributed by atoms with Gasteiger partial charge < -0.3 is 9.80 Å². The number of piperidine rings is 2. The number of rotatable bonds is 5. The van der Waals surface area contributed by atoms with Crippen LogP contribution in [0.2, 0.25) is 0 Å². The number of hydrogen-bond acceptors (Lipinski definition) is 5. The normalized spacial score (nSPS) is 20.3. The highest BCUT2D eigenvalue weighted by Crippen LogP contribution is 2.28. The van der Waals surface area contributed by atoms with E-state index in [4.69, 9.17) is 0 Å². The Morgan fingerprint density at radius 1 is 1.07 bits per heavy atom. The van der Waals surface area contributed by atoms with Crippen LogP contribution in [-0.4, -0.2) is 77.9 Å². The van der Waals surface area contributed by atoms with E-state index in [1.807, 2.05) is 14.0 Å². The Morgan fingerprint density at radius 3 is 2.23 bits per heavy atom. The lowest BCUT2D eigenvalue weighted by Crippen LogP contribution is -2.47. The molecule has 0 radical (unpaired) electrons. The van der Waals surface area contributed by atoms with Gasteiger partial charge in [-0.1, -0.05) is 31.3 Å². The van der Waals surface area contributed by atoms with Gasteiger partial charge in [-0.05, 0) is 64.3 Å². The second-order valence-electron chi connectivity index (χ2n) is 7.84. The number of aliphatic imine (C=N–C) groups is 2. The van der Waals surface area contributed by atoms with E-state index in [1.165, 1.54) is 56.2 Å². The fourth-order valence-corrected chi connectivity index (χ4v) is 4.77. The van der Waals surface area contributed by atoms with Crippen LogP contribution in [-0.2, 0) is 4.79 Å². The van der Waals surface area contributed by atoms with Gasteiger partial charge in [0.2, 0.25) is 0 Å². The molecule has 2 aliphatic heterocycles. The molecule has 0 aliphatic carbocycles. The van der Waals surface area contributed by atoms with Gasteiger partial charge >= 0.3 is 0 Å². The molecule has 2 fully saturated rings. The lowest BCUT2D eigenvalue weighted by atomic mass is 10.0. The summed E-state index contributed by atoms with van der Waals surface area (Å²) in [6, 6.07) is 0.712. The maximum Gasteiger partial charge on any atom is 0.255 e. The first kappa shape index (κ1) is 24.4. The molecule has 0 aromatic heterocycles. The molecule has 1 amide bonds. The highest BCUT2D eigenvalue weighted by molar-refractivity contribution is 8.17. The fraction of sp³-hybridized carbons (Fsp3) is 0.609. The molecule has 0 bridgehead atoms. The molecule has 0 aromatic carbocycles. The summed E-state index contributed by atoms with van der Waals surface area (Å²) in [5.74, 6) is 0.403. The van der Waals surface area contributed by atoms with Crippen molar-refractivity contribution >= 4 is 28.7 Å². The van der Waals surface area contributed by atoms with Gasteiger partial charge in [-0.3, -0.25) is 19.7 Å². The molecule has 0 atom stereocenters. The van der Waals surface area contributed by atoms with Gasteiger partial charge in [0.25, 0.3) is 5.91 Å². The molecule has 2 heterocycles. The summed E-state index contributed by atoms with van der Waals surface area (Å²) < 4.78 is 0. The molecule has 166 valence electrons. The molecule has 0 saturated carbocycles. The number of amides is 1. The fourth-order valence-electron chi connectivity index (χ4n) is 3.94. The van der Waals surface area contributed by atoms with Crippen LogP contribution < -0.4 is 0 Å². The first-order chi connectivity index (χ1) is 14.4. The van der Waals surface area contributed by atoms with Crippen LogP contribution in [0.1, 0.15) is 46.0 Å². The zero-order valence-electron chi connectivity index (χ0n) is 19.1. The topological polar surface area (TPSA) is 51.5 Å². The van der Waals surface area contributed by atoms with Gasteiger partial charge in [0.1, 0.15) is 5.84 Å². The number of likely N-dealkylation sites (tertiary alicyclic amines) is 2. The lowest BCUT2D eigenvalue weighted by molar-refractivity contribution is -0.120. The van der Waals surface area contributed by atoms with Crippen LogP contribution in [0.25, 0.3) is 0 Å². The Hall–Kier alpha value is -1.86. The van der Waals surface area contributed by atoms with Crippen molar-refractivity contribution in [2.75, 3.05) is 40.3 Å². The number of carbonyl (C=O) groups excluding carboxylic acids is 1. The first-order valence-corrected chi connectivity index (χ1v) is 11.6. The molecule has 0 unspecified atom stereocenters. The van der Waals surface area contributed by atoms with Crippen molar-refractivity contribution in [3.8, 4) is 0 Å². The van der Waals surface area contributed by atoms with Crippen LogP contribution >= 0.6 is 11.8 Å². The van der Waals surface area contributed by atoms with Gasteiger partial charge in [-0.15, -0.1) is 0 Å². The molecule has 0 N–H and O–H groups in total. The number of allylic oxidation sites excluding steroid dienone is 1. The summed E-state index contributed by atoms with van der Waals surface area (Å²) in [5, 5.41) is 0.993. The average molecular weight is 432 g/mol. The van der Waals surface area contributed by atoms with Crippen molar-refractivity contribution in [1.82, 2.24) is 14.7 Å². The van der Waals surface area contributed by atoms with E-state index >= 15 is 0 Å². The standard InChI is InChI=1S/C23H37N5OS/c1-7-22(29)28(20(4)24-5)17-18(2)19(3)30-23(25-6)27-15-11-21(12-16-27)26-13-9-8-10-14-26/h7,17,21H,1,3,8-16H2,2,4-6H3/b18-17+,24-20?,25-23?. The molecule has 0 spiro atoms. The van der Waals surface area contributed by atoms with Crippen molar-refractivity contribution in [3.05, 3.63) is 35.9 Å². The Bertz CT molecular complexity index is 711. The first-order valence-electron chi connectivity index (χ1n) is 10.8. The number of thioether (sulfide) groups is 1. The van der Waals surface area contributed by atoms with Crippen molar-refractivity contribution in [3.63, 3.8) is 0 Å². The summed E-state index contributed by atoms with van der Waals surface area (Å²) in [6.45, 7) is 16.1. The Kier molecular flexibility index (Phi) is 9.85. The summed E-state index contributed by atoms with van der Waals surface area (Å²) in [5.41, 5.74) is 0.905. The molecule has 7 heteroatoms. The van der Waals surface area contributed by atoms with Crippen LogP contribution in [0, 0.1) is 0 Å². The van der Waals surface area contributed by atoms with Crippen LogP contribution in [0.15, 0.2) is 45.9 Å². The lowest BCUT2D eigenvalue weighted by Gasteiger charge is -2.41. The summed E-state index contributed by atoms with van der Waals surface area (Å²) in [7, 11) is 3.51. The minimum Gasteiger partial charge on any atom is -0.351 e. The molecule has 6 nitrogen and oxygen atoms in total. The maximum absolute atomic E-state index is 12.2. The molecule has 30 heavy (non-hydrogen) atoms. The monoisotopic (exact) mass is 431 g/mol. The van der Waals surface area contributed by atoms with Gasteiger partial charge in [0.15, 0.2) is 5.17 Å². The molecule has 0 aromatic rings. The van der Waals surface area contributed by atoms with Crippen molar-refractivity contribution in [2.24, 2.45) is 9.98 Å². The zero-order chi connectivity index (χ0) is 22.1. The number of nitrogens with zero attached hydrogens (tertiary/aromatic N) is 5.